The van der Waals surface area contributed by atoms with Crippen LogP contribution in [0.25, 0.3) is 0 Å². The van der Waals surface area contributed by atoms with E-state index in [9.17, 15) is 14.0 Å². The Morgan fingerprint density at radius 2 is 1.77 bits per heavy atom. The van der Waals surface area contributed by atoms with Gasteiger partial charge in [0.2, 0.25) is 11.8 Å². The SMILES string of the molecule is Cc1c(Cl)cccc1NC(=O)CC(=O)Nc1cccc(F)c1. The second-order valence-corrected chi connectivity index (χ2v) is 5.10. The zero-order chi connectivity index (χ0) is 16.1. The zero-order valence-corrected chi connectivity index (χ0v) is 12.6. The number of amides is 2. The van der Waals surface area contributed by atoms with Crippen molar-refractivity contribution < 1.29 is 14.0 Å². The van der Waals surface area contributed by atoms with Gasteiger partial charge >= 0.3 is 0 Å². The molecule has 0 saturated heterocycles. The molecular weight excluding hydrogens is 307 g/mol. The van der Waals surface area contributed by atoms with E-state index in [2.05, 4.69) is 10.6 Å². The molecule has 0 spiro atoms. The number of hydrogen-bond donors (Lipinski definition) is 2. The maximum Gasteiger partial charge on any atom is 0.233 e. The predicted molar refractivity (Wildman–Crippen MR) is 84.5 cm³/mol. The van der Waals surface area contributed by atoms with Gasteiger partial charge in [0.15, 0.2) is 0 Å². The highest BCUT2D eigenvalue weighted by Crippen LogP contribution is 2.23. The fourth-order valence-corrected chi connectivity index (χ4v) is 2.03. The summed E-state index contributed by atoms with van der Waals surface area (Å²) >= 11 is 5.96. The Morgan fingerprint density at radius 1 is 1.09 bits per heavy atom. The van der Waals surface area contributed by atoms with E-state index in [1.807, 2.05) is 0 Å². The lowest BCUT2D eigenvalue weighted by molar-refractivity contribution is -0.123. The van der Waals surface area contributed by atoms with Crippen LogP contribution in [0.1, 0.15) is 12.0 Å². The third-order valence-corrected chi connectivity index (χ3v) is 3.38. The highest BCUT2D eigenvalue weighted by Gasteiger charge is 2.12. The molecule has 0 aliphatic carbocycles. The van der Waals surface area contributed by atoms with Crippen molar-refractivity contribution in [2.45, 2.75) is 13.3 Å². The van der Waals surface area contributed by atoms with Crippen LogP contribution in [0.2, 0.25) is 5.02 Å². The predicted octanol–water partition coefficient (Wildman–Crippen LogP) is 3.75. The van der Waals surface area contributed by atoms with Crippen molar-refractivity contribution in [3.05, 3.63) is 58.9 Å². The van der Waals surface area contributed by atoms with Crippen LogP contribution in [0, 0.1) is 12.7 Å². The van der Waals surface area contributed by atoms with Crippen molar-refractivity contribution >= 4 is 34.8 Å². The van der Waals surface area contributed by atoms with Crippen LogP contribution in [0.5, 0.6) is 0 Å². The van der Waals surface area contributed by atoms with Gasteiger partial charge in [0.05, 0.1) is 0 Å². The van der Waals surface area contributed by atoms with E-state index >= 15 is 0 Å². The summed E-state index contributed by atoms with van der Waals surface area (Å²) in [6, 6.07) is 10.6. The lowest BCUT2D eigenvalue weighted by Crippen LogP contribution is -2.21. The smallest absolute Gasteiger partial charge is 0.233 e. The molecule has 2 aromatic carbocycles. The molecule has 4 nitrogen and oxygen atoms in total. The summed E-state index contributed by atoms with van der Waals surface area (Å²) in [5.74, 6) is -1.46. The minimum atomic E-state index is -0.525. The lowest BCUT2D eigenvalue weighted by Gasteiger charge is -2.09. The molecule has 0 bridgehead atoms. The second kappa shape index (κ2) is 7.04. The molecule has 0 atom stereocenters. The summed E-state index contributed by atoms with van der Waals surface area (Å²) < 4.78 is 13.0. The average Bonchev–Trinajstić information content (AvgIpc) is 2.43. The fraction of sp³-hybridized carbons (Fsp3) is 0.125. The highest BCUT2D eigenvalue weighted by molar-refractivity contribution is 6.31. The Balaban J connectivity index is 1.94. The van der Waals surface area contributed by atoms with Gasteiger partial charge in [0.25, 0.3) is 0 Å². The van der Waals surface area contributed by atoms with E-state index in [0.29, 0.717) is 16.4 Å². The van der Waals surface area contributed by atoms with E-state index in [0.717, 1.165) is 5.56 Å². The Kier molecular flexibility index (Phi) is 5.12. The molecule has 2 N–H and O–H groups in total. The molecule has 0 aliphatic rings. The van der Waals surface area contributed by atoms with E-state index in [4.69, 9.17) is 11.6 Å². The van der Waals surface area contributed by atoms with Crippen molar-refractivity contribution in [2.24, 2.45) is 0 Å². The normalized spacial score (nSPS) is 10.1. The monoisotopic (exact) mass is 320 g/mol. The van der Waals surface area contributed by atoms with E-state index < -0.39 is 17.6 Å². The summed E-state index contributed by atoms with van der Waals surface area (Å²) in [7, 11) is 0. The standard InChI is InChI=1S/C16H14ClFN2O2/c1-10-13(17)6-3-7-14(10)20-16(22)9-15(21)19-12-5-2-4-11(18)8-12/h2-8H,9H2,1H3,(H,19,21)(H,20,22). The molecule has 22 heavy (non-hydrogen) atoms. The van der Waals surface area contributed by atoms with Crippen LogP contribution < -0.4 is 10.6 Å². The molecule has 2 aromatic rings. The Hall–Kier alpha value is -2.40. The number of rotatable bonds is 4. The molecule has 2 rings (SSSR count). The number of carbonyl (C=O) groups excluding carboxylic acids is 2. The first-order chi connectivity index (χ1) is 10.5. The molecule has 2 amide bonds. The maximum absolute atomic E-state index is 13.0. The molecule has 0 aromatic heterocycles. The summed E-state index contributed by atoms with van der Waals surface area (Å²) in [5.41, 5.74) is 1.58. The Bertz CT molecular complexity index is 719. The molecule has 0 fully saturated rings. The molecule has 0 saturated carbocycles. The number of nitrogens with one attached hydrogen (secondary N) is 2. The second-order valence-electron chi connectivity index (χ2n) is 4.70. The van der Waals surface area contributed by atoms with Crippen molar-refractivity contribution in [1.29, 1.82) is 0 Å². The number of anilines is 2. The van der Waals surface area contributed by atoms with Crippen LogP contribution in [0.4, 0.5) is 15.8 Å². The van der Waals surface area contributed by atoms with Crippen LogP contribution in [-0.4, -0.2) is 11.8 Å². The van der Waals surface area contributed by atoms with Gasteiger partial charge in [-0.25, -0.2) is 4.39 Å². The van der Waals surface area contributed by atoms with E-state index in [-0.39, 0.29) is 6.42 Å². The van der Waals surface area contributed by atoms with E-state index in [1.54, 1.807) is 31.2 Å². The minimum absolute atomic E-state index is 0.303. The van der Waals surface area contributed by atoms with Crippen LogP contribution in [0.3, 0.4) is 0 Å². The number of hydrogen-bond acceptors (Lipinski definition) is 2. The lowest BCUT2D eigenvalue weighted by atomic mass is 10.2. The Labute approximate surface area is 132 Å². The van der Waals surface area contributed by atoms with Gasteiger partial charge in [-0.15, -0.1) is 0 Å². The van der Waals surface area contributed by atoms with Crippen molar-refractivity contribution in [2.75, 3.05) is 10.6 Å². The number of benzene rings is 2. The van der Waals surface area contributed by atoms with E-state index in [1.165, 1.54) is 18.2 Å². The molecular formula is C16H14ClFN2O2. The Morgan fingerprint density at radius 3 is 2.50 bits per heavy atom. The van der Waals surface area contributed by atoms with Gasteiger partial charge in [0, 0.05) is 16.4 Å². The quantitative estimate of drug-likeness (QED) is 0.843. The van der Waals surface area contributed by atoms with Gasteiger partial charge in [-0.05, 0) is 42.8 Å². The summed E-state index contributed by atoms with van der Waals surface area (Å²) in [6.07, 6.45) is -0.373. The van der Waals surface area contributed by atoms with Crippen LogP contribution >= 0.6 is 11.6 Å². The number of carbonyl (C=O) groups is 2. The first-order valence-corrected chi connectivity index (χ1v) is 6.94. The summed E-state index contributed by atoms with van der Waals surface area (Å²) in [4.78, 5) is 23.6. The first kappa shape index (κ1) is 16.0. The van der Waals surface area contributed by atoms with Crippen molar-refractivity contribution in [3.8, 4) is 0 Å². The van der Waals surface area contributed by atoms with Gasteiger partial charge in [-0.2, -0.15) is 0 Å². The highest BCUT2D eigenvalue weighted by atomic mass is 35.5. The van der Waals surface area contributed by atoms with Gasteiger partial charge < -0.3 is 10.6 Å². The van der Waals surface area contributed by atoms with Crippen molar-refractivity contribution in [3.63, 3.8) is 0 Å². The summed E-state index contributed by atoms with van der Waals surface area (Å²) in [5, 5.41) is 5.61. The molecule has 0 aliphatic heterocycles. The van der Waals surface area contributed by atoms with Gasteiger partial charge in [0.1, 0.15) is 12.2 Å². The third-order valence-electron chi connectivity index (χ3n) is 2.97. The molecule has 0 heterocycles. The molecule has 114 valence electrons. The number of halogens is 2. The van der Waals surface area contributed by atoms with Crippen LogP contribution in [0.15, 0.2) is 42.5 Å². The minimum Gasteiger partial charge on any atom is -0.326 e. The largest absolute Gasteiger partial charge is 0.326 e. The third kappa shape index (κ3) is 4.30. The molecule has 0 radical (unpaired) electrons. The average molecular weight is 321 g/mol. The van der Waals surface area contributed by atoms with Crippen molar-refractivity contribution in [1.82, 2.24) is 0 Å². The first-order valence-electron chi connectivity index (χ1n) is 6.56. The maximum atomic E-state index is 13.0. The molecule has 0 unspecified atom stereocenters. The molecule has 6 heteroatoms. The van der Waals surface area contributed by atoms with Gasteiger partial charge in [-0.1, -0.05) is 23.7 Å². The van der Waals surface area contributed by atoms with Crippen LogP contribution in [-0.2, 0) is 9.59 Å². The topological polar surface area (TPSA) is 58.2 Å². The fourth-order valence-electron chi connectivity index (χ4n) is 1.85. The zero-order valence-electron chi connectivity index (χ0n) is 11.8. The summed E-state index contributed by atoms with van der Waals surface area (Å²) in [6.45, 7) is 1.77. The van der Waals surface area contributed by atoms with Gasteiger partial charge in [-0.3, -0.25) is 9.59 Å².